The summed E-state index contributed by atoms with van der Waals surface area (Å²) in [5.74, 6) is 0. The Morgan fingerprint density at radius 3 is 1.44 bits per heavy atom. The van der Waals surface area contributed by atoms with Crippen molar-refractivity contribution in [2.75, 3.05) is 0 Å². The van der Waals surface area contributed by atoms with Crippen LogP contribution >= 0.6 is 0 Å². The average Bonchev–Trinajstić information content (AvgIpc) is 3.31. The number of hydrogen-bond donors (Lipinski definition) is 0. The summed E-state index contributed by atoms with van der Waals surface area (Å²) in [5.41, 5.74) is 9.64. The third-order valence-electron chi connectivity index (χ3n) is 8.72. The summed E-state index contributed by atoms with van der Waals surface area (Å²) in [5, 5.41) is 5.64. The summed E-state index contributed by atoms with van der Waals surface area (Å²) in [6, 6.07) is 27.6. The topological polar surface area (TPSA) is 0 Å². The first-order valence-corrected chi connectivity index (χ1v) is 18.4. The van der Waals surface area contributed by atoms with Crippen LogP contribution in [0.25, 0.3) is 33.7 Å². The largest absolute Gasteiger partial charge is 1.00 e. The van der Waals surface area contributed by atoms with Crippen molar-refractivity contribution in [3.63, 3.8) is 0 Å². The Hall–Kier alpha value is -1.66. The van der Waals surface area contributed by atoms with Gasteiger partial charge in [0.05, 0.1) is 0 Å². The van der Waals surface area contributed by atoms with E-state index in [9.17, 15) is 0 Å². The Balaban J connectivity index is 0.00000120. The van der Waals surface area contributed by atoms with E-state index in [1.54, 1.807) is 22.3 Å². The molecule has 34 heavy (non-hydrogen) atoms. The molecule has 7 rings (SSSR count). The maximum atomic E-state index is 2.55. The first-order chi connectivity index (χ1) is 15.7. The molecule has 1 heterocycles. The van der Waals surface area contributed by atoms with Gasteiger partial charge in [0.25, 0.3) is 0 Å². The summed E-state index contributed by atoms with van der Waals surface area (Å²) in [7, 11) is 0. The van der Waals surface area contributed by atoms with Gasteiger partial charge in [0.1, 0.15) is 0 Å². The minimum atomic E-state index is -2.59. The van der Waals surface area contributed by atoms with Gasteiger partial charge in [0, 0.05) is 0 Å². The van der Waals surface area contributed by atoms with Crippen LogP contribution in [0.1, 0.15) is 49.8 Å². The molecule has 4 aromatic rings. The number of fused-ring (bicyclic) bond motifs is 6. The Bertz CT molecular complexity index is 1380. The number of halogens is 2. The fourth-order valence-corrected chi connectivity index (χ4v) is 23.1. The molecule has 0 saturated carbocycles. The van der Waals surface area contributed by atoms with Crippen molar-refractivity contribution in [3.8, 4) is 0 Å². The molecular formula is C31H28Cl2Zr. The molecule has 0 spiro atoms. The van der Waals surface area contributed by atoms with Crippen LogP contribution in [0.3, 0.4) is 0 Å². The fraction of sp³-hybridized carbons (Fsp3) is 0.226. The van der Waals surface area contributed by atoms with Crippen LogP contribution in [-0.2, 0) is 20.3 Å². The molecule has 1 saturated heterocycles. The molecule has 0 radical (unpaired) electrons. The summed E-state index contributed by atoms with van der Waals surface area (Å²) in [4.78, 5) is 0. The van der Waals surface area contributed by atoms with E-state index < -0.39 is 20.3 Å². The van der Waals surface area contributed by atoms with Crippen LogP contribution in [-0.4, -0.2) is 0 Å². The second kappa shape index (κ2) is 8.78. The zero-order valence-electron chi connectivity index (χ0n) is 19.6. The summed E-state index contributed by atoms with van der Waals surface area (Å²) in [6.07, 6.45) is 6.54. The Morgan fingerprint density at radius 1 is 0.588 bits per heavy atom. The van der Waals surface area contributed by atoms with E-state index in [1.165, 1.54) is 47.4 Å². The van der Waals surface area contributed by atoms with Crippen molar-refractivity contribution in [2.24, 2.45) is 0 Å². The quantitative estimate of drug-likeness (QED) is 0.353. The Morgan fingerprint density at radius 2 is 1.03 bits per heavy atom. The maximum absolute atomic E-state index is 2.59. The van der Waals surface area contributed by atoms with E-state index in [0.29, 0.717) is 0 Å². The van der Waals surface area contributed by atoms with Gasteiger partial charge in [0.15, 0.2) is 0 Å². The van der Waals surface area contributed by atoms with Crippen LogP contribution in [0.5, 0.6) is 0 Å². The van der Waals surface area contributed by atoms with Gasteiger partial charge in [-0.25, -0.2) is 0 Å². The molecule has 2 unspecified atom stereocenters. The van der Waals surface area contributed by atoms with Gasteiger partial charge in [-0.15, -0.1) is 0 Å². The molecule has 2 aliphatic carbocycles. The van der Waals surface area contributed by atoms with Crippen molar-refractivity contribution in [1.29, 1.82) is 0 Å². The van der Waals surface area contributed by atoms with E-state index in [0.717, 1.165) is 7.25 Å². The standard InChI is InChI=1S/2C14H11.C3H6.2ClH.Zr/c2*1-10-8-12-7-6-11-4-2-3-5-13(11)14(12)9-10;1-3-2;;;/h2*2-9H,1H3;1-3H2;2*1H;/q;;;;;+2/p-2. The molecule has 0 nitrogen and oxygen atoms in total. The first kappa shape index (κ1) is 24.1. The Kier molecular flexibility index (Phi) is 6.21. The molecule has 0 bridgehead atoms. The SMILES string of the molecule is CC1=Cc2c(ccc3ccccc23)[CH]1[Zr+2]1([CH]2C(C)=Cc3c2ccc2ccccc32)[CH2]C[CH2]1.[Cl-].[Cl-]. The van der Waals surface area contributed by atoms with Crippen molar-refractivity contribution >= 4 is 33.7 Å². The molecule has 0 amide bonds. The van der Waals surface area contributed by atoms with Gasteiger partial charge in [-0.05, 0) is 0 Å². The van der Waals surface area contributed by atoms with E-state index in [2.05, 4.69) is 98.8 Å². The summed E-state index contributed by atoms with van der Waals surface area (Å²) in [6.45, 7) is 4.87. The fourth-order valence-electron chi connectivity index (χ4n) is 7.42. The van der Waals surface area contributed by atoms with E-state index in [1.807, 2.05) is 0 Å². The van der Waals surface area contributed by atoms with Gasteiger partial charge in [-0.2, -0.15) is 0 Å². The number of rotatable bonds is 2. The second-order valence-corrected chi connectivity index (χ2v) is 21.7. The van der Waals surface area contributed by atoms with Crippen LogP contribution in [0.4, 0.5) is 0 Å². The first-order valence-electron chi connectivity index (χ1n) is 12.1. The molecular weight excluding hydrogens is 534 g/mol. The van der Waals surface area contributed by atoms with E-state index >= 15 is 0 Å². The van der Waals surface area contributed by atoms with Gasteiger partial charge >= 0.3 is 196 Å². The van der Waals surface area contributed by atoms with E-state index in [-0.39, 0.29) is 24.8 Å². The van der Waals surface area contributed by atoms with Crippen LogP contribution < -0.4 is 24.8 Å². The van der Waals surface area contributed by atoms with Gasteiger partial charge in [-0.1, -0.05) is 0 Å². The minimum absolute atomic E-state index is 0. The van der Waals surface area contributed by atoms with Crippen LogP contribution in [0.15, 0.2) is 83.9 Å². The normalized spacial score (nSPS) is 20.6. The average molecular weight is 563 g/mol. The van der Waals surface area contributed by atoms with E-state index in [4.69, 9.17) is 0 Å². The smallest absolute Gasteiger partial charge is 1.00 e. The monoisotopic (exact) mass is 560 g/mol. The molecule has 1 fully saturated rings. The molecule has 2 atom stereocenters. The van der Waals surface area contributed by atoms with Gasteiger partial charge in [-0.3, -0.25) is 0 Å². The van der Waals surface area contributed by atoms with Crippen LogP contribution in [0, 0.1) is 0 Å². The number of allylic oxidation sites excluding steroid dienone is 2. The molecule has 1 aliphatic heterocycles. The van der Waals surface area contributed by atoms with Crippen molar-refractivity contribution in [2.45, 2.75) is 35.8 Å². The van der Waals surface area contributed by atoms with Crippen LogP contribution in [0.2, 0.25) is 8.26 Å². The van der Waals surface area contributed by atoms with Crippen molar-refractivity contribution in [1.82, 2.24) is 0 Å². The predicted octanol–water partition coefficient (Wildman–Crippen LogP) is 3.01. The molecule has 0 N–H and O–H groups in total. The Labute approximate surface area is 219 Å². The zero-order chi connectivity index (χ0) is 21.4. The molecule has 4 aromatic carbocycles. The predicted molar refractivity (Wildman–Crippen MR) is 135 cm³/mol. The van der Waals surface area contributed by atoms with Gasteiger partial charge < -0.3 is 24.8 Å². The number of hydrogen-bond acceptors (Lipinski definition) is 0. The maximum Gasteiger partial charge on any atom is -1.00 e. The second-order valence-electron chi connectivity index (χ2n) is 10.3. The summed E-state index contributed by atoms with van der Waals surface area (Å²) < 4.78 is 4.50. The summed E-state index contributed by atoms with van der Waals surface area (Å²) >= 11 is -2.59. The third kappa shape index (κ3) is 3.20. The van der Waals surface area contributed by atoms with Crippen molar-refractivity contribution < 1.29 is 45.1 Å². The minimum Gasteiger partial charge on any atom is -1.00 e. The zero-order valence-corrected chi connectivity index (χ0v) is 23.6. The molecule has 3 aliphatic rings. The van der Waals surface area contributed by atoms with Gasteiger partial charge in [0.2, 0.25) is 0 Å². The van der Waals surface area contributed by atoms with Crippen molar-refractivity contribution in [3.05, 3.63) is 106 Å². The third-order valence-corrected chi connectivity index (χ3v) is 24.5. The molecule has 0 aromatic heterocycles. The number of benzene rings is 4. The molecule has 170 valence electrons. The molecule has 3 heteroatoms.